The van der Waals surface area contributed by atoms with Crippen LogP contribution in [0.15, 0.2) is 10.8 Å². The van der Waals surface area contributed by atoms with Gasteiger partial charge in [0.15, 0.2) is 17.8 Å². The summed E-state index contributed by atoms with van der Waals surface area (Å²) in [5, 5.41) is 11.2. The minimum absolute atomic E-state index is 0.0519. The van der Waals surface area contributed by atoms with Crippen LogP contribution < -0.4 is 5.32 Å². The maximum atomic E-state index is 11.1. The second kappa shape index (κ2) is 2.58. The maximum Gasteiger partial charge on any atom is 0.316 e. The van der Waals surface area contributed by atoms with Gasteiger partial charge in [0.2, 0.25) is 0 Å². The second-order valence-electron chi connectivity index (χ2n) is 2.67. The lowest BCUT2D eigenvalue weighted by molar-refractivity contribution is -0.139. The molecule has 0 spiro atoms. The topological polar surface area (TPSA) is 92.4 Å². The molecule has 1 amide bonds. The van der Waals surface area contributed by atoms with Crippen LogP contribution in [0, 0.1) is 0 Å². The summed E-state index contributed by atoms with van der Waals surface area (Å²) < 4.78 is 4.85. The summed E-state index contributed by atoms with van der Waals surface area (Å²) in [5.41, 5.74) is 0.0682. The van der Waals surface area contributed by atoms with Crippen molar-refractivity contribution in [1.82, 2.24) is 10.3 Å². The summed E-state index contributed by atoms with van der Waals surface area (Å²) in [6, 6.07) is 0. The van der Waals surface area contributed by atoms with Crippen LogP contribution in [0.1, 0.15) is 22.2 Å². The molecule has 1 aromatic heterocycles. The number of rotatable bonds is 1. The van der Waals surface area contributed by atoms with E-state index in [1.165, 1.54) is 0 Å². The normalized spacial score (nSPS) is 20.6. The zero-order valence-electron chi connectivity index (χ0n) is 6.48. The summed E-state index contributed by atoms with van der Waals surface area (Å²) in [6.45, 7) is 0.0519. The fourth-order valence-electron chi connectivity index (χ4n) is 1.24. The summed E-state index contributed by atoms with van der Waals surface area (Å²) in [5.74, 6) is -2.11. The molecule has 2 rings (SSSR count). The average Bonchev–Trinajstić information content (AvgIpc) is 2.53. The molecule has 0 fully saturated rings. The van der Waals surface area contributed by atoms with Crippen molar-refractivity contribution in [3.05, 3.63) is 17.8 Å². The van der Waals surface area contributed by atoms with Gasteiger partial charge in [-0.3, -0.25) is 9.59 Å². The smallest absolute Gasteiger partial charge is 0.316 e. The summed E-state index contributed by atoms with van der Waals surface area (Å²) in [7, 11) is 0. The van der Waals surface area contributed by atoms with E-state index in [0.29, 0.717) is 0 Å². The molecule has 6 heteroatoms. The molecule has 1 atom stereocenters. The molecule has 1 aliphatic heterocycles. The zero-order valence-corrected chi connectivity index (χ0v) is 6.48. The van der Waals surface area contributed by atoms with Crippen molar-refractivity contribution in [3.63, 3.8) is 0 Å². The van der Waals surface area contributed by atoms with Crippen molar-refractivity contribution >= 4 is 11.9 Å². The fourth-order valence-corrected chi connectivity index (χ4v) is 1.24. The van der Waals surface area contributed by atoms with Crippen LogP contribution in [0.2, 0.25) is 0 Å². The van der Waals surface area contributed by atoms with E-state index in [1.807, 2.05) is 0 Å². The third-order valence-electron chi connectivity index (χ3n) is 1.89. The molecule has 1 aliphatic rings. The molecule has 2 heterocycles. The van der Waals surface area contributed by atoms with Crippen molar-refractivity contribution in [2.24, 2.45) is 0 Å². The van der Waals surface area contributed by atoms with Gasteiger partial charge in [-0.25, -0.2) is 4.98 Å². The Morgan fingerprint density at radius 2 is 2.54 bits per heavy atom. The first kappa shape index (κ1) is 7.78. The van der Waals surface area contributed by atoms with E-state index in [9.17, 15) is 9.59 Å². The zero-order chi connectivity index (χ0) is 9.42. The van der Waals surface area contributed by atoms with Crippen LogP contribution >= 0.6 is 0 Å². The first-order valence-electron chi connectivity index (χ1n) is 3.64. The lowest BCUT2D eigenvalue weighted by Gasteiger charge is -2.16. The number of aliphatic carboxylic acids is 1. The minimum atomic E-state index is -1.03. The largest absolute Gasteiger partial charge is 0.481 e. The van der Waals surface area contributed by atoms with Gasteiger partial charge in [0.25, 0.3) is 5.91 Å². The Hall–Kier alpha value is -1.85. The molecule has 1 unspecified atom stereocenters. The third kappa shape index (κ3) is 1.07. The van der Waals surface area contributed by atoms with Crippen molar-refractivity contribution < 1.29 is 19.1 Å². The molecule has 2 N–H and O–H groups in total. The predicted octanol–water partition coefficient (Wildman–Crippen LogP) is -0.414. The van der Waals surface area contributed by atoms with Crippen molar-refractivity contribution in [2.75, 3.05) is 6.54 Å². The Kier molecular flexibility index (Phi) is 1.54. The number of amides is 1. The Bertz CT molecular complexity index is 370. The standard InChI is InChI=1S/C7H6N2O4/c10-6-4-5(13-2-9-4)3(1-8-6)7(11)12/h2-3H,1H2,(H,8,10)(H,11,12). The number of fused-ring (bicyclic) bond motifs is 1. The molecule has 0 radical (unpaired) electrons. The highest BCUT2D eigenvalue weighted by molar-refractivity contribution is 5.96. The van der Waals surface area contributed by atoms with Crippen molar-refractivity contribution in [2.45, 2.75) is 5.92 Å². The van der Waals surface area contributed by atoms with Gasteiger partial charge in [0.1, 0.15) is 5.92 Å². The van der Waals surface area contributed by atoms with Gasteiger partial charge < -0.3 is 14.8 Å². The highest BCUT2D eigenvalue weighted by Gasteiger charge is 2.34. The van der Waals surface area contributed by atoms with Crippen LogP contribution in [0.4, 0.5) is 0 Å². The molecular weight excluding hydrogens is 176 g/mol. The van der Waals surface area contributed by atoms with E-state index in [2.05, 4.69) is 10.3 Å². The van der Waals surface area contributed by atoms with Crippen LogP contribution in [0.5, 0.6) is 0 Å². The average molecular weight is 182 g/mol. The van der Waals surface area contributed by atoms with E-state index in [0.717, 1.165) is 6.39 Å². The molecule has 68 valence electrons. The van der Waals surface area contributed by atoms with Gasteiger partial charge >= 0.3 is 5.97 Å². The first-order chi connectivity index (χ1) is 6.20. The Morgan fingerprint density at radius 3 is 3.23 bits per heavy atom. The number of hydrogen-bond acceptors (Lipinski definition) is 4. The minimum Gasteiger partial charge on any atom is -0.481 e. The second-order valence-corrected chi connectivity index (χ2v) is 2.67. The SMILES string of the molecule is O=C1NCC(C(=O)O)c2ocnc21. The van der Waals surface area contributed by atoms with Crippen LogP contribution in [0.25, 0.3) is 0 Å². The predicted molar refractivity (Wildman–Crippen MR) is 39.2 cm³/mol. The van der Waals surface area contributed by atoms with Gasteiger partial charge in [-0.15, -0.1) is 0 Å². The van der Waals surface area contributed by atoms with Crippen molar-refractivity contribution in [1.29, 1.82) is 0 Å². The van der Waals surface area contributed by atoms with Gasteiger partial charge in [-0.2, -0.15) is 0 Å². The van der Waals surface area contributed by atoms with E-state index in [1.54, 1.807) is 0 Å². The Balaban J connectivity index is 2.46. The highest BCUT2D eigenvalue weighted by Crippen LogP contribution is 2.22. The Labute approximate surface area is 72.6 Å². The highest BCUT2D eigenvalue weighted by atomic mass is 16.4. The van der Waals surface area contributed by atoms with E-state index in [-0.39, 0.29) is 23.9 Å². The van der Waals surface area contributed by atoms with Crippen LogP contribution in [-0.4, -0.2) is 28.5 Å². The molecule has 0 aliphatic carbocycles. The maximum absolute atomic E-state index is 11.1. The Morgan fingerprint density at radius 1 is 1.77 bits per heavy atom. The number of nitrogens with one attached hydrogen (secondary N) is 1. The summed E-state index contributed by atoms with van der Waals surface area (Å²) in [6.07, 6.45) is 1.07. The number of nitrogens with zero attached hydrogens (tertiary/aromatic N) is 1. The molecule has 13 heavy (non-hydrogen) atoms. The molecule has 0 aromatic carbocycles. The quantitative estimate of drug-likeness (QED) is 0.615. The molecule has 6 nitrogen and oxygen atoms in total. The van der Waals surface area contributed by atoms with Gasteiger partial charge in [0.05, 0.1) is 0 Å². The molecule has 0 saturated carbocycles. The van der Waals surface area contributed by atoms with E-state index >= 15 is 0 Å². The number of carbonyl (C=O) groups is 2. The summed E-state index contributed by atoms with van der Waals surface area (Å²) >= 11 is 0. The lowest BCUT2D eigenvalue weighted by Crippen LogP contribution is -2.37. The monoisotopic (exact) mass is 182 g/mol. The molecule has 0 saturated heterocycles. The lowest BCUT2D eigenvalue weighted by atomic mass is 10.0. The van der Waals surface area contributed by atoms with Crippen molar-refractivity contribution in [3.8, 4) is 0 Å². The fraction of sp³-hybridized carbons (Fsp3) is 0.286. The van der Waals surface area contributed by atoms with Crippen LogP contribution in [-0.2, 0) is 4.79 Å². The number of oxazole rings is 1. The van der Waals surface area contributed by atoms with E-state index in [4.69, 9.17) is 9.52 Å². The van der Waals surface area contributed by atoms with Gasteiger partial charge in [-0.05, 0) is 0 Å². The first-order valence-corrected chi connectivity index (χ1v) is 3.64. The number of carboxylic acid groups (broad SMARTS) is 1. The molecular formula is C7H6N2O4. The van der Waals surface area contributed by atoms with E-state index < -0.39 is 11.9 Å². The third-order valence-corrected chi connectivity index (χ3v) is 1.89. The number of carboxylic acids is 1. The van der Waals surface area contributed by atoms with Gasteiger partial charge in [-0.1, -0.05) is 0 Å². The van der Waals surface area contributed by atoms with Crippen LogP contribution in [0.3, 0.4) is 0 Å². The van der Waals surface area contributed by atoms with Gasteiger partial charge in [0, 0.05) is 6.54 Å². The number of carbonyl (C=O) groups excluding carboxylic acids is 1. The molecule has 0 bridgehead atoms. The number of hydrogen-bond donors (Lipinski definition) is 2. The molecule has 1 aromatic rings. The number of aromatic nitrogens is 1. The summed E-state index contributed by atoms with van der Waals surface area (Å²) in [4.78, 5) is 25.4.